The Hall–Kier alpha value is -2.61. The highest BCUT2D eigenvalue weighted by Crippen LogP contribution is 2.21. The zero-order valence-electron chi connectivity index (χ0n) is 9.60. The van der Waals surface area contributed by atoms with Crippen LogP contribution < -0.4 is 0 Å². The topological polar surface area (TPSA) is 76.4 Å². The zero-order chi connectivity index (χ0) is 13.1. The summed E-state index contributed by atoms with van der Waals surface area (Å²) < 4.78 is 9.60. The SMILES string of the molecule is COC1=C(C(=O)c2cccc(C#N)c2)COC1=O. The van der Waals surface area contributed by atoms with E-state index in [1.54, 1.807) is 18.2 Å². The molecular weight excluding hydrogens is 234 g/mol. The molecule has 0 amide bonds. The van der Waals surface area contributed by atoms with Gasteiger partial charge in [-0.2, -0.15) is 5.26 Å². The van der Waals surface area contributed by atoms with Crippen molar-refractivity contribution in [2.75, 3.05) is 13.7 Å². The van der Waals surface area contributed by atoms with E-state index in [0.717, 1.165) is 0 Å². The van der Waals surface area contributed by atoms with E-state index in [4.69, 9.17) is 14.7 Å². The van der Waals surface area contributed by atoms with Gasteiger partial charge in [0.25, 0.3) is 0 Å². The highest BCUT2D eigenvalue weighted by Gasteiger charge is 2.31. The Labute approximate surface area is 103 Å². The van der Waals surface area contributed by atoms with Gasteiger partial charge in [-0.05, 0) is 12.1 Å². The van der Waals surface area contributed by atoms with E-state index in [1.807, 2.05) is 6.07 Å². The van der Waals surface area contributed by atoms with Crippen LogP contribution in [0.25, 0.3) is 0 Å². The number of ketones is 1. The molecule has 5 heteroatoms. The van der Waals surface area contributed by atoms with E-state index >= 15 is 0 Å². The number of carbonyl (C=O) groups is 2. The molecule has 0 N–H and O–H groups in total. The van der Waals surface area contributed by atoms with Gasteiger partial charge in [-0.1, -0.05) is 12.1 Å². The molecule has 1 heterocycles. The molecule has 0 unspecified atom stereocenters. The molecule has 0 bridgehead atoms. The molecule has 0 radical (unpaired) electrons. The largest absolute Gasteiger partial charge is 0.489 e. The van der Waals surface area contributed by atoms with Crippen molar-refractivity contribution in [3.8, 4) is 6.07 Å². The van der Waals surface area contributed by atoms with E-state index in [9.17, 15) is 9.59 Å². The van der Waals surface area contributed by atoms with Crippen LogP contribution in [-0.2, 0) is 14.3 Å². The number of esters is 1. The minimum atomic E-state index is -0.641. The van der Waals surface area contributed by atoms with Crippen LogP contribution >= 0.6 is 0 Å². The van der Waals surface area contributed by atoms with Crippen LogP contribution in [0.1, 0.15) is 15.9 Å². The van der Waals surface area contributed by atoms with E-state index in [1.165, 1.54) is 13.2 Å². The summed E-state index contributed by atoms with van der Waals surface area (Å²) in [4.78, 5) is 23.4. The molecule has 0 aliphatic carbocycles. The minimum Gasteiger partial charge on any atom is -0.489 e. The van der Waals surface area contributed by atoms with Crippen LogP contribution in [0.4, 0.5) is 0 Å². The van der Waals surface area contributed by atoms with Gasteiger partial charge in [0, 0.05) is 5.56 Å². The average Bonchev–Trinajstić information content (AvgIpc) is 2.79. The third-order valence-electron chi connectivity index (χ3n) is 2.54. The Balaban J connectivity index is 2.40. The van der Waals surface area contributed by atoms with Crippen molar-refractivity contribution in [2.24, 2.45) is 0 Å². The van der Waals surface area contributed by atoms with Gasteiger partial charge in [-0.15, -0.1) is 0 Å². The fourth-order valence-electron chi connectivity index (χ4n) is 1.67. The van der Waals surface area contributed by atoms with Gasteiger partial charge in [0.05, 0.1) is 24.3 Å². The smallest absolute Gasteiger partial charge is 0.374 e. The summed E-state index contributed by atoms with van der Waals surface area (Å²) in [5.41, 5.74) is 0.889. The summed E-state index contributed by atoms with van der Waals surface area (Å²) in [6, 6.07) is 8.19. The first-order valence-corrected chi connectivity index (χ1v) is 5.16. The fraction of sp³-hybridized carbons (Fsp3) is 0.154. The molecule has 18 heavy (non-hydrogen) atoms. The van der Waals surface area contributed by atoms with Crippen LogP contribution in [0, 0.1) is 11.3 Å². The first-order chi connectivity index (χ1) is 8.67. The van der Waals surface area contributed by atoms with Gasteiger partial charge in [0.1, 0.15) is 6.61 Å². The van der Waals surface area contributed by atoms with Crippen LogP contribution in [0.15, 0.2) is 35.6 Å². The van der Waals surface area contributed by atoms with Crippen molar-refractivity contribution in [3.63, 3.8) is 0 Å². The molecule has 2 rings (SSSR count). The Morgan fingerprint density at radius 3 is 2.94 bits per heavy atom. The number of benzene rings is 1. The molecule has 0 saturated carbocycles. The summed E-state index contributed by atoms with van der Waals surface area (Å²) in [5, 5.41) is 8.77. The molecule has 1 aromatic carbocycles. The molecule has 0 fully saturated rings. The summed E-state index contributed by atoms with van der Waals surface area (Å²) in [6.45, 7) is -0.0996. The molecule has 1 aromatic rings. The number of nitriles is 1. The number of hydrogen-bond acceptors (Lipinski definition) is 5. The van der Waals surface area contributed by atoms with E-state index in [2.05, 4.69) is 0 Å². The Morgan fingerprint density at radius 2 is 2.28 bits per heavy atom. The predicted octanol–water partition coefficient (Wildman–Crippen LogP) is 1.20. The standard InChI is InChI=1S/C13H9NO4/c1-17-12-10(7-18-13(12)16)11(15)9-4-2-3-8(5-9)6-14/h2-5H,7H2,1H3. The molecular formula is C13H9NO4. The summed E-state index contributed by atoms with van der Waals surface area (Å²) in [5.74, 6) is -1.07. The number of cyclic esters (lactones) is 1. The lowest BCUT2D eigenvalue weighted by atomic mass is 10.0. The third-order valence-corrected chi connectivity index (χ3v) is 2.54. The highest BCUT2D eigenvalue weighted by atomic mass is 16.6. The monoisotopic (exact) mass is 243 g/mol. The molecule has 0 saturated heterocycles. The minimum absolute atomic E-state index is 0.0673. The van der Waals surface area contributed by atoms with Crippen LogP contribution in [0.2, 0.25) is 0 Å². The second-order valence-corrected chi connectivity index (χ2v) is 3.61. The van der Waals surface area contributed by atoms with Crippen molar-refractivity contribution < 1.29 is 19.1 Å². The van der Waals surface area contributed by atoms with Crippen molar-refractivity contribution in [1.29, 1.82) is 5.26 Å². The first kappa shape index (κ1) is 11.9. The third kappa shape index (κ3) is 1.96. The van der Waals surface area contributed by atoms with Crippen molar-refractivity contribution in [1.82, 2.24) is 0 Å². The van der Waals surface area contributed by atoms with Gasteiger partial charge in [-0.25, -0.2) is 4.79 Å². The van der Waals surface area contributed by atoms with E-state index in [-0.39, 0.29) is 23.7 Å². The number of hydrogen-bond donors (Lipinski definition) is 0. The van der Waals surface area contributed by atoms with Gasteiger partial charge in [0.15, 0.2) is 5.78 Å². The Kier molecular flexibility index (Phi) is 3.11. The number of methoxy groups -OCH3 is 1. The van der Waals surface area contributed by atoms with Gasteiger partial charge < -0.3 is 9.47 Å². The van der Waals surface area contributed by atoms with Gasteiger partial charge in [0.2, 0.25) is 5.76 Å². The highest BCUT2D eigenvalue weighted by molar-refractivity contribution is 6.14. The second-order valence-electron chi connectivity index (χ2n) is 3.61. The lowest BCUT2D eigenvalue weighted by Crippen LogP contribution is -2.07. The molecule has 0 aromatic heterocycles. The molecule has 0 spiro atoms. The first-order valence-electron chi connectivity index (χ1n) is 5.16. The quantitative estimate of drug-likeness (QED) is 0.588. The maximum atomic E-state index is 12.2. The van der Waals surface area contributed by atoms with Crippen molar-refractivity contribution in [2.45, 2.75) is 0 Å². The molecule has 90 valence electrons. The summed E-state index contributed by atoms with van der Waals surface area (Å²) in [7, 11) is 1.31. The molecule has 0 atom stereocenters. The summed E-state index contributed by atoms with van der Waals surface area (Å²) >= 11 is 0. The number of nitrogens with zero attached hydrogens (tertiary/aromatic N) is 1. The average molecular weight is 243 g/mol. The number of rotatable bonds is 3. The van der Waals surface area contributed by atoms with E-state index in [0.29, 0.717) is 11.1 Å². The van der Waals surface area contributed by atoms with Crippen LogP contribution in [-0.4, -0.2) is 25.5 Å². The predicted molar refractivity (Wildman–Crippen MR) is 60.5 cm³/mol. The molecule has 1 aliphatic rings. The Morgan fingerprint density at radius 1 is 1.50 bits per heavy atom. The molecule has 1 aliphatic heterocycles. The fourth-order valence-corrected chi connectivity index (χ4v) is 1.67. The zero-order valence-corrected chi connectivity index (χ0v) is 9.60. The maximum Gasteiger partial charge on any atom is 0.374 e. The number of ether oxygens (including phenoxy) is 2. The van der Waals surface area contributed by atoms with Crippen molar-refractivity contribution in [3.05, 3.63) is 46.7 Å². The van der Waals surface area contributed by atoms with Gasteiger partial charge in [-0.3, -0.25) is 4.79 Å². The Bertz CT molecular complexity index is 595. The molecule has 5 nitrogen and oxygen atoms in total. The number of Topliss-reactive ketones (excluding diaryl/α,β-unsaturated/α-hetero) is 1. The maximum absolute atomic E-state index is 12.2. The number of carbonyl (C=O) groups excluding carboxylic acids is 2. The summed E-state index contributed by atoms with van der Waals surface area (Å²) in [6.07, 6.45) is 0. The van der Waals surface area contributed by atoms with Gasteiger partial charge >= 0.3 is 5.97 Å². The van der Waals surface area contributed by atoms with Crippen LogP contribution in [0.5, 0.6) is 0 Å². The second kappa shape index (κ2) is 4.72. The lowest BCUT2D eigenvalue weighted by molar-refractivity contribution is -0.138. The van der Waals surface area contributed by atoms with E-state index < -0.39 is 5.97 Å². The van der Waals surface area contributed by atoms with Crippen molar-refractivity contribution >= 4 is 11.8 Å². The lowest BCUT2D eigenvalue weighted by Gasteiger charge is -2.02. The normalized spacial score (nSPS) is 14.1. The van der Waals surface area contributed by atoms with Crippen LogP contribution in [0.3, 0.4) is 0 Å².